The van der Waals surface area contributed by atoms with Gasteiger partial charge in [-0.2, -0.15) is 13.5 Å². The fourth-order valence-electron chi connectivity index (χ4n) is 3.65. The van der Waals surface area contributed by atoms with Crippen molar-refractivity contribution in [2.24, 2.45) is 12.8 Å². The molecule has 1 aliphatic rings. The zero-order chi connectivity index (χ0) is 19.0. The Labute approximate surface area is 170 Å². The first kappa shape index (κ1) is 20.3. The number of carbonyl (C=O) groups excluding carboxylic acids is 1. The minimum atomic E-state index is -0.501. The van der Waals surface area contributed by atoms with Gasteiger partial charge in [-0.1, -0.05) is 6.07 Å². The van der Waals surface area contributed by atoms with E-state index in [1.54, 1.807) is 13.3 Å². The first-order valence-corrected chi connectivity index (χ1v) is 8.85. The highest BCUT2D eigenvalue weighted by Gasteiger charge is 2.38. The van der Waals surface area contributed by atoms with Crippen LogP contribution in [0.15, 0.2) is 36.7 Å². The highest BCUT2D eigenvalue weighted by atomic mass is 32.1. The second kappa shape index (κ2) is 7.90. The van der Waals surface area contributed by atoms with Crippen LogP contribution in [0.25, 0.3) is 22.2 Å². The summed E-state index contributed by atoms with van der Waals surface area (Å²) in [7, 11) is 3.66. The van der Waals surface area contributed by atoms with Crippen LogP contribution < -0.4 is 5.73 Å². The fourth-order valence-corrected chi connectivity index (χ4v) is 3.65. The van der Waals surface area contributed by atoms with Crippen molar-refractivity contribution in [2.75, 3.05) is 20.3 Å². The smallest absolute Gasteiger partial charge is 0.223 e. The molecule has 0 aromatic carbocycles. The average molecular weight is 401 g/mol. The Balaban J connectivity index is 0.00000225. The number of hydrogen-bond donors (Lipinski definition) is 1. The van der Waals surface area contributed by atoms with Crippen LogP contribution in [0.2, 0.25) is 0 Å². The minimum Gasteiger partial charge on any atom is -0.378 e. The van der Waals surface area contributed by atoms with E-state index in [1.165, 1.54) is 0 Å². The summed E-state index contributed by atoms with van der Waals surface area (Å²) >= 11 is 0. The highest BCUT2D eigenvalue weighted by Crippen LogP contribution is 2.35. The van der Waals surface area contributed by atoms with E-state index in [-0.39, 0.29) is 19.9 Å². The van der Waals surface area contributed by atoms with Crippen LogP contribution >= 0.6 is 13.5 Å². The Morgan fingerprint density at radius 1 is 1.43 bits per heavy atom. The minimum absolute atomic E-state index is 0. The molecule has 8 heteroatoms. The number of aromatic nitrogens is 3. The molecule has 1 fully saturated rings. The number of ether oxygens (including phenoxy) is 2. The number of rotatable bonds is 5. The molecular weight excluding hydrogens is 376 g/mol. The molecule has 3 aromatic rings. The number of aryl methyl sites for hydroxylation is 1. The van der Waals surface area contributed by atoms with Crippen LogP contribution in [-0.4, -0.2) is 40.8 Å². The molecule has 0 radical (unpaired) electrons. The molecule has 1 atom stereocenters. The van der Waals surface area contributed by atoms with Crippen LogP contribution in [0.5, 0.6) is 0 Å². The van der Waals surface area contributed by atoms with E-state index >= 15 is 0 Å². The van der Waals surface area contributed by atoms with Gasteiger partial charge in [0.25, 0.3) is 0 Å². The lowest BCUT2D eigenvalue weighted by molar-refractivity contribution is -0.117. The first-order valence-electron chi connectivity index (χ1n) is 8.85. The summed E-state index contributed by atoms with van der Waals surface area (Å²) in [5, 5.41) is 0.988. The second-order valence-electron chi connectivity index (χ2n) is 6.90. The van der Waals surface area contributed by atoms with Crippen molar-refractivity contribution in [3.05, 3.63) is 48.0 Å². The molecule has 4 heterocycles. The Kier molecular flexibility index (Phi) is 5.74. The zero-order valence-corrected chi connectivity index (χ0v) is 16.9. The molecular formula is C20H24N4O3S. The summed E-state index contributed by atoms with van der Waals surface area (Å²) < 4.78 is 13.3. The maximum Gasteiger partial charge on any atom is 0.223 e. The standard InChI is InChI=1S/C20H22N4O3.H2S/c1-24-11-15(14-8-13(9-19(21)25)22-10-17(14)24)16-4-3-5-18(23-16)20(26-2)6-7-27-12-20;/h3-5,8,10-11H,6-7,9,12H2,1-2H3,(H2,21,25);1H2/t20-;/m1./s1. The maximum absolute atomic E-state index is 11.3. The van der Waals surface area contributed by atoms with E-state index < -0.39 is 11.5 Å². The SMILES string of the molecule is CO[C@]1(c2cccc(-c3cn(C)c4cnc(CC(N)=O)cc34)n2)CCOC1.S. The van der Waals surface area contributed by atoms with E-state index in [0.29, 0.717) is 18.9 Å². The monoisotopic (exact) mass is 400 g/mol. The third-order valence-electron chi connectivity index (χ3n) is 5.16. The molecule has 1 aliphatic heterocycles. The Morgan fingerprint density at radius 3 is 2.93 bits per heavy atom. The van der Waals surface area contributed by atoms with Crippen LogP contribution in [0.1, 0.15) is 17.8 Å². The molecule has 0 spiro atoms. The average Bonchev–Trinajstić information content (AvgIpc) is 3.27. The van der Waals surface area contributed by atoms with Gasteiger partial charge >= 0.3 is 0 Å². The van der Waals surface area contributed by atoms with Crippen molar-refractivity contribution in [2.45, 2.75) is 18.4 Å². The van der Waals surface area contributed by atoms with Crippen molar-refractivity contribution in [1.29, 1.82) is 0 Å². The molecule has 0 bridgehead atoms. The Bertz CT molecular complexity index is 1010. The van der Waals surface area contributed by atoms with Crippen molar-refractivity contribution in [1.82, 2.24) is 14.5 Å². The topological polar surface area (TPSA) is 92.3 Å². The van der Waals surface area contributed by atoms with E-state index in [9.17, 15) is 4.79 Å². The highest BCUT2D eigenvalue weighted by molar-refractivity contribution is 7.59. The van der Waals surface area contributed by atoms with Gasteiger partial charge < -0.3 is 19.8 Å². The summed E-state index contributed by atoms with van der Waals surface area (Å²) in [6, 6.07) is 7.86. The van der Waals surface area contributed by atoms with Crippen molar-refractivity contribution < 1.29 is 14.3 Å². The third-order valence-corrected chi connectivity index (χ3v) is 5.16. The van der Waals surface area contributed by atoms with E-state index in [0.717, 1.165) is 34.3 Å². The van der Waals surface area contributed by atoms with Gasteiger partial charge in [0, 0.05) is 44.3 Å². The van der Waals surface area contributed by atoms with E-state index in [2.05, 4.69) is 4.98 Å². The predicted molar refractivity (Wildman–Crippen MR) is 111 cm³/mol. The fraction of sp³-hybridized carbons (Fsp3) is 0.350. The third kappa shape index (κ3) is 3.50. The molecule has 0 unspecified atom stereocenters. The van der Waals surface area contributed by atoms with Gasteiger partial charge in [-0.3, -0.25) is 9.78 Å². The number of pyridine rings is 2. The molecule has 28 heavy (non-hydrogen) atoms. The largest absolute Gasteiger partial charge is 0.378 e. The Morgan fingerprint density at radius 2 is 2.25 bits per heavy atom. The predicted octanol–water partition coefficient (Wildman–Crippen LogP) is 2.04. The quantitative estimate of drug-likeness (QED) is 0.708. The van der Waals surface area contributed by atoms with Gasteiger partial charge in [-0.05, 0) is 18.2 Å². The number of fused-ring (bicyclic) bond motifs is 1. The van der Waals surface area contributed by atoms with Gasteiger partial charge in [0.2, 0.25) is 5.91 Å². The van der Waals surface area contributed by atoms with Gasteiger partial charge in [-0.25, -0.2) is 4.98 Å². The second-order valence-corrected chi connectivity index (χ2v) is 6.90. The number of nitrogens with two attached hydrogens (primary N) is 1. The number of amides is 1. The lowest BCUT2D eigenvalue weighted by atomic mass is 9.97. The lowest BCUT2D eigenvalue weighted by Gasteiger charge is -2.25. The summed E-state index contributed by atoms with van der Waals surface area (Å²) in [4.78, 5) is 20.5. The molecule has 0 aliphatic carbocycles. The first-order chi connectivity index (χ1) is 13.0. The molecule has 3 aromatic heterocycles. The van der Waals surface area contributed by atoms with Gasteiger partial charge in [-0.15, -0.1) is 0 Å². The maximum atomic E-state index is 11.3. The van der Waals surface area contributed by atoms with Crippen molar-refractivity contribution >= 4 is 30.3 Å². The van der Waals surface area contributed by atoms with Crippen LogP contribution in [0, 0.1) is 0 Å². The van der Waals surface area contributed by atoms with Crippen LogP contribution in [0.4, 0.5) is 0 Å². The normalized spacial score (nSPS) is 18.9. The lowest BCUT2D eigenvalue weighted by Crippen LogP contribution is -2.30. The van der Waals surface area contributed by atoms with Gasteiger partial charge in [0.1, 0.15) is 5.60 Å². The number of methoxy groups -OCH3 is 1. The van der Waals surface area contributed by atoms with Crippen LogP contribution in [-0.2, 0) is 33.3 Å². The molecule has 1 saturated heterocycles. The number of hydrogen-bond acceptors (Lipinski definition) is 5. The molecule has 1 amide bonds. The van der Waals surface area contributed by atoms with Crippen LogP contribution in [0.3, 0.4) is 0 Å². The summed E-state index contributed by atoms with van der Waals surface area (Å²) in [5.41, 5.74) is 9.13. The molecule has 2 N–H and O–H groups in total. The Hall–Kier alpha value is -2.42. The van der Waals surface area contributed by atoms with E-state index in [4.69, 9.17) is 20.2 Å². The summed E-state index contributed by atoms with van der Waals surface area (Å²) in [6.45, 7) is 1.17. The molecule has 7 nitrogen and oxygen atoms in total. The van der Waals surface area contributed by atoms with Gasteiger partial charge in [0.15, 0.2) is 0 Å². The van der Waals surface area contributed by atoms with Crippen molar-refractivity contribution in [3.8, 4) is 11.3 Å². The summed E-state index contributed by atoms with van der Waals surface area (Å²) in [5.74, 6) is -0.400. The zero-order valence-electron chi connectivity index (χ0n) is 15.9. The number of primary amides is 1. The number of carbonyl (C=O) groups is 1. The summed E-state index contributed by atoms with van der Waals surface area (Å²) in [6.07, 6.45) is 4.68. The van der Waals surface area contributed by atoms with Crippen molar-refractivity contribution in [3.63, 3.8) is 0 Å². The van der Waals surface area contributed by atoms with E-state index in [1.807, 2.05) is 42.1 Å². The number of nitrogens with zero attached hydrogens (tertiary/aromatic N) is 3. The van der Waals surface area contributed by atoms with Gasteiger partial charge in [0.05, 0.1) is 41.8 Å². The molecule has 4 rings (SSSR count). The molecule has 0 saturated carbocycles. The molecule has 148 valence electrons.